The third-order valence-electron chi connectivity index (χ3n) is 5.04. The Balaban J connectivity index is 1.44. The second-order valence-electron chi connectivity index (χ2n) is 7.23. The molecule has 4 aromatic rings. The lowest BCUT2D eigenvalue weighted by Crippen LogP contribution is -2.23. The average Bonchev–Trinajstić information content (AvgIpc) is 3.46. The number of halogens is 1. The van der Waals surface area contributed by atoms with E-state index in [1.807, 2.05) is 0 Å². The highest BCUT2D eigenvalue weighted by Gasteiger charge is 2.20. The summed E-state index contributed by atoms with van der Waals surface area (Å²) >= 11 is 1.35. The third kappa shape index (κ3) is 3.93. The van der Waals surface area contributed by atoms with E-state index >= 15 is 0 Å². The van der Waals surface area contributed by atoms with Crippen LogP contribution in [0.25, 0.3) is 22.3 Å². The van der Waals surface area contributed by atoms with Crippen molar-refractivity contribution in [2.75, 3.05) is 6.79 Å². The van der Waals surface area contributed by atoms with E-state index in [9.17, 15) is 9.18 Å². The number of unbranched alkanes of at least 4 members (excludes halogenated alkanes) is 1. The number of thioether (sulfide) groups is 1. The summed E-state index contributed by atoms with van der Waals surface area (Å²) in [5, 5.41) is 5.02. The Morgan fingerprint density at radius 3 is 2.69 bits per heavy atom. The lowest BCUT2D eigenvalue weighted by Gasteiger charge is -2.12. The average molecular weight is 454 g/mol. The lowest BCUT2D eigenvalue weighted by atomic mass is 10.2. The molecule has 8 nitrogen and oxygen atoms in total. The number of benzene rings is 2. The lowest BCUT2D eigenvalue weighted by molar-refractivity contribution is 0.174. The van der Waals surface area contributed by atoms with E-state index in [1.54, 1.807) is 28.8 Å². The first-order chi connectivity index (χ1) is 15.6. The van der Waals surface area contributed by atoms with Gasteiger partial charge < -0.3 is 14.0 Å². The molecule has 0 N–H and O–H groups in total. The van der Waals surface area contributed by atoms with Gasteiger partial charge in [-0.25, -0.2) is 9.37 Å². The molecule has 0 spiro atoms. The molecule has 0 bridgehead atoms. The van der Waals surface area contributed by atoms with E-state index in [-0.39, 0.29) is 18.2 Å². The van der Waals surface area contributed by atoms with Crippen LogP contribution in [0.2, 0.25) is 0 Å². The summed E-state index contributed by atoms with van der Waals surface area (Å²) < 4.78 is 31.0. The normalized spacial score (nSPS) is 12.6. The molecule has 0 unspecified atom stereocenters. The van der Waals surface area contributed by atoms with E-state index in [4.69, 9.17) is 19.0 Å². The maximum atomic E-state index is 13.2. The van der Waals surface area contributed by atoms with Crippen molar-refractivity contribution in [2.45, 2.75) is 37.2 Å². The summed E-state index contributed by atoms with van der Waals surface area (Å²) in [7, 11) is 0. The first kappa shape index (κ1) is 20.5. The van der Waals surface area contributed by atoms with Crippen LogP contribution in [0, 0.1) is 5.82 Å². The number of fused-ring (bicyclic) bond motifs is 2. The van der Waals surface area contributed by atoms with E-state index in [0.29, 0.717) is 57.1 Å². The molecule has 0 atom stereocenters. The molecule has 5 rings (SSSR count). The summed E-state index contributed by atoms with van der Waals surface area (Å²) in [6.45, 7) is 2.75. The smallest absolute Gasteiger partial charge is 0.262 e. The standard InChI is InChI=1S/C22H19FN4O4S/c1-2-3-8-27-21(28)15-9-17-18(30-12-29-17)10-16(15)24-22(27)32-11-19-25-20(26-31-19)13-4-6-14(23)7-5-13/h4-7,9-10H,2-3,8,11-12H2,1H3. The number of hydrogen-bond donors (Lipinski definition) is 0. The molecule has 0 aliphatic carbocycles. The van der Waals surface area contributed by atoms with Crippen LogP contribution in [-0.2, 0) is 12.3 Å². The van der Waals surface area contributed by atoms with Gasteiger partial charge in [-0.3, -0.25) is 9.36 Å². The Bertz CT molecular complexity index is 1340. The summed E-state index contributed by atoms with van der Waals surface area (Å²) in [6.07, 6.45) is 1.79. The van der Waals surface area contributed by atoms with Crippen LogP contribution in [0.4, 0.5) is 4.39 Å². The fourth-order valence-corrected chi connectivity index (χ4v) is 4.23. The van der Waals surface area contributed by atoms with Crippen LogP contribution in [-0.4, -0.2) is 26.5 Å². The van der Waals surface area contributed by atoms with Crippen LogP contribution >= 0.6 is 11.8 Å². The molecule has 1 aliphatic rings. The van der Waals surface area contributed by atoms with Crippen LogP contribution in [0.3, 0.4) is 0 Å². The van der Waals surface area contributed by atoms with Crippen LogP contribution in [0.5, 0.6) is 11.5 Å². The van der Waals surface area contributed by atoms with Crippen LogP contribution in [0.1, 0.15) is 25.7 Å². The molecule has 32 heavy (non-hydrogen) atoms. The minimum absolute atomic E-state index is 0.123. The maximum absolute atomic E-state index is 13.2. The highest BCUT2D eigenvalue weighted by Crippen LogP contribution is 2.35. The predicted octanol–water partition coefficient (Wildman–Crippen LogP) is 4.41. The molecule has 0 radical (unpaired) electrons. The van der Waals surface area contributed by atoms with Crippen molar-refractivity contribution in [1.29, 1.82) is 0 Å². The molecule has 0 saturated carbocycles. The molecule has 0 amide bonds. The van der Waals surface area contributed by atoms with Gasteiger partial charge in [0, 0.05) is 18.2 Å². The molecule has 2 aromatic carbocycles. The second-order valence-corrected chi connectivity index (χ2v) is 8.18. The van der Waals surface area contributed by atoms with Gasteiger partial charge in [-0.2, -0.15) is 4.98 Å². The fraction of sp³-hybridized carbons (Fsp3) is 0.273. The second kappa shape index (κ2) is 8.62. The van der Waals surface area contributed by atoms with Gasteiger partial charge in [0.2, 0.25) is 18.5 Å². The van der Waals surface area contributed by atoms with Gasteiger partial charge in [-0.1, -0.05) is 30.3 Å². The molecule has 0 saturated heterocycles. The quantitative estimate of drug-likeness (QED) is 0.300. The molecule has 3 heterocycles. The summed E-state index contributed by atoms with van der Waals surface area (Å²) in [4.78, 5) is 22.3. The summed E-state index contributed by atoms with van der Waals surface area (Å²) in [6, 6.07) is 9.29. The zero-order valence-corrected chi connectivity index (χ0v) is 18.0. The zero-order valence-electron chi connectivity index (χ0n) is 17.2. The van der Waals surface area contributed by atoms with Gasteiger partial charge in [-0.05, 0) is 36.8 Å². The Morgan fingerprint density at radius 1 is 1.12 bits per heavy atom. The Hall–Kier alpha value is -3.40. The highest BCUT2D eigenvalue weighted by molar-refractivity contribution is 7.98. The molecule has 2 aromatic heterocycles. The summed E-state index contributed by atoms with van der Waals surface area (Å²) in [5.74, 6) is 1.90. The Labute approximate surface area is 186 Å². The number of nitrogens with zero attached hydrogens (tertiary/aromatic N) is 4. The number of rotatable bonds is 7. The van der Waals surface area contributed by atoms with E-state index in [1.165, 1.54) is 23.9 Å². The third-order valence-corrected chi connectivity index (χ3v) is 6.01. The van der Waals surface area contributed by atoms with Gasteiger partial charge in [0.1, 0.15) is 5.82 Å². The van der Waals surface area contributed by atoms with Gasteiger partial charge in [0.05, 0.1) is 16.7 Å². The maximum Gasteiger partial charge on any atom is 0.262 e. The minimum atomic E-state index is -0.331. The van der Waals surface area contributed by atoms with Crippen molar-refractivity contribution in [3.63, 3.8) is 0 Å². The molecule has 164 valence electrons. The van der Waals surface area contributed by atoms with Crippen LogP contribution < -0.4 is 15.0 Å². The Kier molecular flexibility index (Phi) is 5.52. The van der Waals surface area contributed by atoms with Crippen molar-refractivity contribution in [3.05, 3.63) is 58.5 Å². The fourth-order valence-electron chi connectivity index (χ4n) is 3.37. The number of hydrogen-bond acceptors (Lipinski definition) is 8. The number of ether oxygens (including phenoxy) is 2. The van der Waals surface area contributed by atoms with Crippen molar-refractivity contribution < 1.29 is 18.4 Å². The SMILES string of the molecule is CCCCn1c(SCc2nc(-c3ccc(F)cc3)no2)nc2cc3c(cc2c1=O)OCO3. The predicted molar refractivity (Wildman–Crippen MR) is 116 cm³/mol. The molecule has 10 heteroatoms. The zero-order chi connectivity index (χ0) is 22.1. The van der Waals surface area contributed by atoms with Crippen molar-refractivity contribution in [1.82, 2.24) is 19.7 Å². The molecular formula is C22H19FN4O4S. The molecule has 1 aliphatic heterocycles. The summed E-state index contributed by atoms with van der Waals surface area (Å²) in [5.41, 5.74) is 1.08. The monoisotopic (exact) mass is 454 g/mol. The van der Waals surface area contributed by atoms with E-state index in [2.05, 4.69) is 17.1 Å². The van der Waals surface area contributed by atoms with Gasteiger partial charge in [-0.15, -0.1) is 0 Å². The van der Waals surface area contributed by atoms with Crippen molar-refractivity contribution >= 4 is 22.7 Å². The Morgan fingerprint density at radius 2 is 1.91 bits per heavy atom. The largest absolute Gasteiger partial charge is 0.454 e. The van der Waals surface area contributed by atoms with Gasteiger partial charge >= 0.3 is 0 Å². The van der Waals surface area contributed by atoms with Gasteiger partial charge in [0.15, 0.2) is 16.7 Å². The van der Waals surface area contributed by atoms with Gasteiger partial charge in [0.25, 0.3) is 5.56 Å². The van der Waals surface area contributed by atoms with Crippen molar-refractivity contribution in [3.8, 4) is 22.9 Å². The first-order valence-electron chi connectivity index (χ1n) is 10.2. The number of aromatic nitrogens is 4. The van der Waals surface area contributed by atoms with E-state index in [0.717, 1.165) is 12.8 Å². The molecule has 0 fully saturated rings. The molecular weight excluding hydrogens is 435 g/mol. The first-order valence-corrected chi connectivity index (χ1v) is 11.2. The van der Waals surface area contributed by atoms with E-state index < -0.39 is 0 Å². The van der Waals surface area contributed by atoms with Crippen molar-refractivity contribution in [2.24, 2.45) is 0 Å². The topological polar surface area (TPSA) is 92.3 Å². The minimum Gasteiger partial charge on any atom is -0.454 e. The highest BCUT2D eigenvalue weighted by atomic mass is 32.2. The van der Waals surface area contributed by atoms with Crippen LogP contribution in [0.15, 0.2) is 50.9 Å².